The molecule has 0 aromatic heterocycles. The smallest absolute Gasteiger partial charge is 0.408 e. The fourth-order valence-electron chi connectivity index (χ4n) is 2.79. The Hall–Kier alpha value is -1.56. The molecule has 1 aliphatic rings. The molecule has 1 aromatic carbocycles. The van der Waals surface area contributed by atoms with Gasteiger partial charge < -0.3 is 15.4 Å². The van der Waals surface area contributed by atoms with Crippen LogP contribution in [0, 0.1) is 0 Å². The number of benzene rings is 1. The summed E-state index contributed by atoms with van der Waals surface area (Å²) in [5.41, 5.74) is 0.661. The van der Waals surface area contributed by atoms with E-state index < -0.39 is 11.7 Å². The average molecular weight is 397 g/mol. The number of amides is 2. The van der Waals surface area contributed by atoms with Crippen LogP contribution in [0.4, 0.5) is 4.79 Å². The molecule has 1 saturated carbocycles. The van der Waals surface area contributed by atoms with E-state index in [9.17, 15) is 9.59 Å². The Balaban J connectivity index is 1.85. The highest BCUT2D eigenvalue weighted by molar-refractivity contribution is 9.10. The zero-order valence-electron chi connectivity index (χ0n) is 14.6. The lowest BCUT2D eigenvalue weighted by Gasteiger charge is -2.25. The molecule has 1 aromatic rings. The van der Waals surface area contributed by atoms with Crippen molar-refractivity contribution in [3.05, 3.63) is 34.3 Å². The van der Waals surface area contributed by atoms with Gasteiger partial charge in [-0.1, -0.05) is 28.1 Å². The molecule has 0 bridgehead atoms. The molecule has 1 unspecified atom stereocenters. The minimum Gasteiger partial charge on any atom is -0.444 e. The Labute approximate surface area is 151 Å². The molecular weight excluding hydrogens is 372 g/mol. The molecule has 1 fully saturated rings. The number of carbonyl (C=O) groups excluding carboxylic acids is 2. The largest absolute Gasteiger partial charge is 0.444 e. The molecule has 2 N–H and O–H groups in total. The van der Waals surface area contributed by atoms with Gasteiger partial charge in [-0.15, -0.1) is 0 Å². The number of hydrogen-bond acceptors (Lipinski definition) is 3. The van der Waals surface area contributed by atoms with Crippen LogP contribution in [0.15, 0.2) is 28.7 Å². The fraction of sp³-hybridized carbons (Fsp3) is 0.556. The summed E-state index contributed by atoms with van der Waals surface area (Å²) in [6, 6.07) is 8.24. The van der Waals surface area contributed by atoms with Gasteiger partial charge in [0.15, 0.2) is 0 Å². The predicted molar refractivity (Wildman–Crippen MR) is 96.9 cm³/mol. The molecule has 6 heteroatoms. The number of hydrogen-bond donors (Lipinski definition) is 2. The SMILES string of the molecule is CC(NC(=O)CNC(=O)OC(C)(C)C)C1(c2ccc(Br)cc2)CC1. The number of carbonyl (C=O) groups is 2. The van der Waals surface area contributed by atoms with Crippen LogP contribution in [0.1, 0.15) is 46.1 Å². The highest BCUT2D eigenvalue weighted by atomic mass is 79.9. The molecule has 0 saturated heterocycles. The van der Waals surface area contributed by atoms with Crippen LogP contribution in [0.25, 0.3) is 0 Å². The van der Waals surface area contributed by atoms with Gasteiger partial charge in [0, 0.05) is 15.9 Å². The Bertz CT molecular complexity index is 604. The summed E-state index contributed by atoms with van der Waals surface area (Å²) in [6.07, 6.45) is 1.52. The van der Waals surface area contributed by atoms with Crippen LogP contribution < -0.4 is 10.6 Å². The van der Waals surface area contributed by atoms with Gasteiger partial charge in [0.1, 0.15) is 12.1 Å². The van der Waals surface area contributed by atoms with Crippen molar-refractivity contribution in [3.8, 4) is 0 Å². The lowest BCUT2D eigenvalue weighted by atomic mass is 9.89. The first-order valence-corrected chi connectivity index (χ1v) is 8.94. The van der Waals surface area contributed by atoms with Gasteiger partial charge in [-0.3, -0.25) is 4.79 Å². The first-order valence-electron chi connectivity index (χ1n) is 8.15. The predicted octanol–water partition coefficient (Wildman–Crippen LogP) is 3.51. The van der Waals surface area contributed by atoms with Gasteiger partial charge in [0.25, 0.3) is 0 Å². The molecule has 0 spiro atoms. The second-order valence-corrected chi connectivity index (χ2v) is 8.22. The Morgan fingerprint density at radius 1 is 1.25 bits per heavy atom. The Morgan fingerprint density at radius 2 is 1.83 bits per heavy atom. The summed E-state index contributed by atoms with van der Waals surface area (Å²) in [5.74, 6) is -0.211. The van der Waals surface area contributed by atoms with Gasteiger partial charge in [-0.2, -0.15) is 0 Å². The topological polar surface area (TPSA) is 67.4 Å². The molecular formula is C18H25BrN2O3. The van der Waals surface area contributed by atoms with Gasteiger partial charge in [0.05, 0.1) is 0 Å². The van der Waals surface area contributed by atoms with Gasteiger partial charge in [0.2, 0.25) is 5.91 Å². The maximum atomic E-state index is 12.1. The van der Waals surface area contributed by atoms with E-state index >= 15 is 0 Å². The normalized spacial score (nSPS) is 16.9. The van der Waals surface area contributed by atoms with E-state index in [2.05, 4.69) is 38.7 Å². The second-order valence-electron chi connectivity index (χ2n) is 7.31. The monoisotopic (exact) mass is 396 g/mol. The van der Waals surface area contributed by atoms with Crippen molar-refractivity contribution >= 4 is 27.9 Å². The van der Waals surface area contributed by atoms with Crippen molar-refractivity contribution in [2.24, 2.45) is 0 Å². The van der Waals surface area contributed by atoms with E-state index in [1.807, 2.05) is 19.1 Å². The van der Waals surface area contributed by atoms with Gasteiger partial charge >= 0.3 is 6.09 Å². The summed E-state index contributed by atoms with van der Waals surface area (Å²) < 4.78 is 6.16. The fourth-order valence-corrected chi connectivity index (χ4v) is 3.05. The summed E-state index contributed by atoms with van der Waals surface area (Å²) in [4.78, 5) is 23.7. The first kappa shape index (κ1) is 18.8. The van der Waals surface area contributed by atoms with Crippen molar-refractivity contribution in [2.45, 2.75) is 57.6 Å². The lowest BCUT2D eigenvalue weighted by Crippen LogP contribution is -2.46. The molecule has 1 atom stereocenters. The molecule has 0 radical (unpaired) electrons. The van der Waals surface area contributed by atoms with Crippen molar-refractivity contribution < 1.29 is 14.3 Å². The summed E-state index contributed by atoms with van der Waals surface area (Å²) in [5, 5.41) is 5.48. The summed E-state index contributed by atoms with van der Waals surface area (Å²) in [6.45, 7) is 7.27. The summed E-state index contributed by atoms with van der Waals surface area (Å²) >= 11 is 3.44. The quantitative estimate of drug-likeness (QED) is 0.799. The molecule has 24 heavy (non-hydrogen) atoms. The average Bonchev–Trinajstić information content (AvgIpc) is 3.26. The lowest BCUT2D eigenvalue weighted by molar-refractivity contribution is -0.121. The van der Waals surface area contributed by atoms with E-state index in [4.69, 9.17) is 4.74 Å². The van der Waals surface area contributed by atoms with Crippen LogP contribution in [-0.2, 0) is 14.9 Å². The third kappa shape index (κ3) is 4.97. The minimum absolute atomic E-state index is 0.00226. The number of halogens is 1. The standard InChI is InChI=1S/C18H25BrN2O3/c1-12(18(9-10-18)13-5-7-14(19)8-6-13)21-15(22)11-20-16(23)24-17(2,3)4/h5-8,12H,9-11H2,1-4H3,(H,20,23)(H,21,22). The van der Waals surface area contributed by atoms with Gasteiger partial charge in [-0.05, 0) is 58.2 Å². The zero-order valence-corrected chi connectivity index (χ0v) is 16.2. The van der Waals surface area contributed by atoms with E-state index in [0.29, 0.717) is 0 Å². The highest BCUT2D eigenvalue weighted by Crippen LogP contribution is 2.51. The Kier molecular flexibility index (Phi) is 5.58. The second kappa shape index (κ2) is 7.13. The zero-order chi connectivity index (χ0) is 18.0. The number of ether oxygens (including phenoxy) is 1. The highest BCUT2D eigenvalue weighted by Gasteiger charge is 2.49. The van der Waals surface area contributed by atoms with E-state index in [0.717, 1.165) is 17.3 Å². The summed E-state index contributed by atoms with van der Waals surface area (Å²) in [7, 11) is 0. The molecule has 2 rings (SSSR count). The number of alkyl carbamates (subject to hydrolysis) is 1. The molecule has 0 heterocycles. The van der Waals surface area contributed by atoms with Crippen molar-refractivity contribution in [3.63, 3.8) is 0 Å². The third-order valence-corrected chi connectivity index (χ3v) is 4.74. The van der Waals surface area contributed by atoms with Crippen LogP contribution in [0.3, 0.4) is 0 Å². The van der Waals surface area contributed by atoms with Crippen molar-refractivity contribution in [2.75, 3.05) is 6.54 Å². The maximum Gasteiger partial charge on any atom is 0.408 e. The number of rotatable bonds is 5. The van der Waals surface area contributed by atoms with Crippen LogP contribution in [-0.4, -0.2) is 30.2 Å². The van der Waals surface area contributed by atoms with E-state index in [1.165, 1.54) is 5.56 Å². The van der Waals surface area contributed by atoms with Crippen LogP contribution in [0.5, 0.6) is 0 Å². The molecule has 2 amide bonds. The maximum absolute atomic E-state index is 12.1. The van der Waals surface area contributed by atoms with Crippen molar-refractivity contribution in [1.82, 2.24) is 10.6 Å². The molecule has 132 valence electrons. The van der Waals surface area contributed by atoms with E-state index in [1.54, 1.807) is 20.8 Å². The molecule has 5 nitrogen and oxygen atoms in total. The van der Waals surface area contributed by atoms with Crippen LogP contribution >= 0.6 is 15.9 Å². The first-order chi connectivity index (χ1) is 11.1. The van der Waals surface area contributed by atoms with Gasteiger partial charge in [-0.25, -0.2) is 4.79 Å². The Morgan fingerprint density at radius 3 is 2.33 bits per heavy atom. The van der Waals surface area contributed by atoms with E-state index in [-0.39, 0.29) is 23.9 Å². The third-order valence-electron chi connectivity index (χ3n) is 4.21. The van der Waals surface area contributed by atoms with Crippen LogP contribution in [0.2, 0.25) is 0 Å². The molecule has 1 aliphatic carbocycles. The molecule has 0 aliphatic heterocycles. The van der Waals surface area contributed by atoms with Crippen molar-refractivity contribution in [1.29, 1.82) is 0 Å². The minimum atomic E-state index is -0.584. The number of nitrogens with one attached hydrogen (secondary N) is 2.